The van der Waals surface area contributed by atoms with Crippen LogP contribution >= 0.6 is 0 Å². The van der Waals surface area contributed by atoms with Crippen molar-refractivity contribution in [3.63, 3.8) is 0 Å². The van der Waals surface area contributed by atoms with Gasteiger partial charge in [-0.25, -0.2) is 5.43 Å². The zero-order valence-corrected chi connectivity index (χ0v) is 21.2. The molecule has 4 rings (SSSR count). The average Bonchev–Trinajstić information content (AvgIpc) is 2.97. The molecular weight excluding hydrogens is 498 g/mol. The van der Waals surface area contributed by atoms with Crippen LogP contribution in [0, 0.1) is 10.1 Å². The molecule has 0 radical (unpaired) electrons. The Morgan fingerprint density at radius 1 is 0.923 bits per heavy atom. The van der Waals surface area contributed by atoms with Crippen LogP contribution < -0.4 is 14.9 Å². The Hall–Kier alpha value is -5.02. The zero-order chi connectivity index (χ0) is 27.7. The van der Waals surface area contributed by atoms with Gasteiger partial charge in [-0.2, -0.15) is 5.10 Å². The number of non-ortho nitro benzene ring substituents is 1. The normalized spacial score (nSPS) is 11.2. The van der Waals surface area contributed by atoms with E-state index in [0.717, 1.165) is 0 Å². The minimum Gasteiger partial charge on any atom is -0.490 e. The van der Waals surface area contributed by atoms with Gasteiger partial charge in [0, 0.05) is 12.1 Å². The lowest BCUT2D eigenvalue weighted by Gasteiger charge is -2.27. The molecule has 9 heteroatoms. The van der Waals surface area contributed by atoms with Crippen LogP contribution in [0.2, 0.25) is 0 Å². The molecule has 0 bridgehead atoms. The Balaban J connectivity index is 1.49. The molecule has 4 aromatic rings. The number of nitrogens with one attached hydrogen (secondary N) is 1. The maximum atomic E-state index is 13.2. The molecule has 0 aliphatic rings. The van der Waals surface area contributed by atoms with Crippen LogP contribution in [0.3, 0.4) is 0 Å². The number of carbonyl (C=O) groups excluding carboxylic acids is 1. The number of amides is 1. The second kappa shape index (κ2) is 12.5. The third-order valence-electron chi connectivity index (χ3n) is 5.87. The molecular formula is C30H27N3O6. The van der Waals surface area contributed by atoms with E-state index in [9.17, 15) is 20.0 Å². The number of benzene rings is 4. The maximum absolute atomic E-state index is 13.2. The molecule has 198 valence electrons. The summed E-state index contributed by atoms with van der Waals surface area (Å²) in [6.45, 7) is 2.33. The summed E-state index contributed by atoms with van der Waals surface area (Å²) in [6, 6.07) is 28.6. The van der Waals surface area contributed by atoms with E-state index < -0.39 is 16.4 Å². The molecule has 0 aromatic heterocycles. The number of nitrogens with zero attached hydrogens (tertiary/aromatic N) is 2. The molecule has 0 unspecified atom stereocenters. The smallest absolute Gasteiger partial charge is 0.281 e. The first-order valence-electron chi connectivity index (χ1n) is 12.2. The number of hydrogen-bond donors (Lipinski definition) is 2. The minimum atomic E-state index is -1.94. The quantitative estimate of drug-likeness (QED) is 0.162. The van der Waals surface area contributed by atoms with Crippen molar-refractivity contribution in [2.24, 2.45) is 5.10 Å². The van der Waals surface area contributed by atoms with Crippen LogP contribution in [-0.4, -0.2) is 28.8 Å². The fraction of sp³-hybridized carbons (Fsp3) is 0.133. The number of hydrazone groups is 1. The van der Waals surface area contributed by atoms with Gasteiger partial charge in [-0.05, 0) is 47.4 Å². The van der Waals surface area contributed by atoms with Crippen molar-refractivity contribution in [1.29, 1.82) is 0 Å². The van der Waals surface area contributed by atoms with Crippen molar-refractivity contribution in [3.05, 3.63) is 135 Å². The number of rotatable bonds is 11. The molecule has 4 aromatic carbocycles. The van der Waals surface area contributed by atoms with E-state index in [1.54, 1.807) is 91.0 Å². The van der Waals surface area contributed by atoms with Crippen molar-refractivity contribution in [1.82, 2.24) is 5.43 Å². The van der Waals surface area contributed by atoms with Crippen molar-refractivity contribution in [2.45, 2.75) is 19.1 Å². The maximum Gasteiger partial charge on any atom is 0.281 e. The number of nitro groups is 1. The van der Waals surface area contributed by atoms with E-state index in [2.05, 4.69) is 10.5 Å². The third-order valence-corrected chi connectivity index (χ3v) is 5.87. The summed E-state index contributed by atoms with van der Waals surface area (Å²) in [7, 11) is 0. The predicted molar refractivity (Wildman–Crippen MR) is 147 cm³/mol. The summed E-state index contributed by atoms with van der Waals surface area (Å²) in [5, 5.41) is 26.6. The molecule has 0 heterocycles. The molecule has 0 saturated carbocycles. The van der Waals surface area contributed by atoms with Crippen molar-refractivity contribution >= 4 is 17.8 Å². The lowest BCUT2D eigenvalue weighted by Crippen LogP contribution is -2.43. The van der Waals surface area contributed by atoms with E-state index in [4.69, 9.17) is 9.47 Å². The van der Waals surface area contributed by atoms with E-state index in [-0.39, 0.29) is 12.3 Å². The average molecular weight is 526 g/mol. The standard InChI is InChI=1S/C30H27N3O6/c1-2-38-28-19-22(16-17-27(28)39-21-23-10-9-15-26(18-23)33(36)37)20-31-32-29(34)30(35,24-11-5-3-6-12-24)25-13-7-4-8-14-25/h3-20,35H,2,21H2,1H3,(H,32,34)/b31-20-. The number of nitro benzene ring substituents is 1. The summed E-state index contributed by atoms with van der Waals surface area (Å²) in [6.07, 6.45) is 1.43. The summed E-state index contributed by atoms with van der Waals surface area (Å²) < 4.78 is 11.6. The molecule has 0 fully saturated rings. The first-order chi connectivity index (χ1) is 18.9. The van der Waals surface area contributed by atoms with Gasteiger partial charge < -0.3 is 14.6 Å². The highest BCUT2D eigenvalue weighted by Gasteiger charge is 2.39. The van der Waals surface area contributed by atoms with E-state index in [1.165, 1.54) is 18.3 Å². The summed E-state index contributed by atoms with van der Waals surface area (Å²) in [4.78, 5) is 23.8. The van der Waals surface area contributed by atoms with Gasteiger partial charge in [-0.15, -0.1) is 0 Å². The van der Waals surface area contributed by atoms with E-state index >= 15 is 0 Å². The Morgan fingerprint density at radius 3 is 2.21 bits per heavy atom. The fourth-order valence-corrected chi connectivity index (χ4v) is 3.95. The van der Waals surface area contributed by atoms with Crippen LogP contribution in [0.15, 0.2) is 108 Å². The highest BCUT2D eigenvalue weighted by atomic mass is 16.6. The van der Waals surface area contributed by atoms with Crippen LogP contribution in [0.25, 0.3) is 0 Å². The molecule has 1 amide bonds. The second-order valence-corrected chi connectivity index (χ2v) is 8.50. The van der Waals surface area contributed by atoms with E-state index in [0.29, 0.717) is 40.4 Å². The zero-order valence-electron chi connectivity index (χ0n) is 21.2. The molecule has 0 aliphatic heterocycles. The summed E-state index contributed by atoms with van der Waals surface area (Å²) >= 11 is 0. The van der Waals surface area contributed by atoms with Crippen molar-refractivity contribution in [3.8, 4) is 11.5 Å². The third kappa shape index (κ3) is 6.46. The van der Waals surface area contributed by atoms with Gasteiger partial charge in [-0.3, -0.25) is 14.9 Å². The monoisotopic (exact) mass is 525 g/mol. The van der Waals surface area contributed by atoms with Gasteiger partial charge in [0.05, 0.1) is 17.7 Å². The molecule has 0 atom stereocenters. The summed E-state index contributed by atoms with van der Waals surface area (Å²) in [5.41, 5.74) is 2.57. The first-order valence-corrected chi connectivity index (χ1v) is 12.2. The number of aliphatic hydroxyl groups is 1. The molecule has 0 aliphatic carbocycles. The Kier molecular flexibility index (Phi) is 8.65. The topological polar surface area (TPSA) is 123 Å². The fourth-order valence-electron chi connectivity index (χ4n) is 3.95. The largest absolute Gasteiger partial charge is 0.490 e. The second-order valence-electron chi connectivity index (χ2n) is 8.50. The molecule has 9 nitrogen and oxygen atoms in total. The lowest BCUT2D eigenvalue weighted by molar-refractivity contribution is -0.384. The van der Waals surface area contributed by atoms with Crippen LogP contribution in [0.1, 0.15) is 29.2 Å². The van der Waals surface area contributed by atoms with Crippen LogP contribution in [0.4, 0.5) is 5.69 Å². The number of hydrogen-bond acceptors (Lipinski definition) is 7. The highest BCUT2D eigenvalue weighted by Crippen LogP contribution is 2.31. The highest BCUT2D eigenvalue weighted by molar-refractivity contribution is 5.91. The van der Waals surface area contributed by atoms with Gasteiger partial charge >= 0.3 is 0 Å². The Labute approximate surface area is 225 Å². The van der Waals surface area contributed by atoms with Gasteiger partial charge in [0.15, 0.2) is 17.1 Å². The van der Waals surface area contributed by atoms with Crippen LogP contribution in [-0.2, 0) is 17.0 Å². The van der Waals surface area contributed by atoms with Gasteiger partial charge in [-0.1, -0.05) is 72.8 Å². The SMILES string of the molecule is CCOc1cc(/C=N\NC(=O)C(O)(c2ccccc2)c2ccccc2)ccc1OCc1cccc([N+](=O)[O-])c1. The minimum absolute atomic E-state index is 0.0128. The van der Waals surface area contributed by atoms with Gasteiger partial charge in [0.25, 0.3) is 11.6 Å². The van der Waals surface area contributed by atoms with Gasteiger partial charge in [0.2, 0.25) is 0 Å². The molecule has 39 heavy (non-hydrogen) atoms. The first kappa shape index (κ1) is 27.0. The van der Waals surface area contributed by atoms with Crippen molar-refractivity contribution in [2.75, 3.05) is 6.61 Å². The molecule has 2 N–H and O–H groups in total. The van der Waals surface area contributed by atoms with Gasteiger partial charge in [0.1, 0.15) is 6.61 Å². The van der Waals surface area contributed by atoms with Crippen LogP contribution in [0.5, 0.6) is 11.5 Å². The Bertz CT molecular complexity index is 1420. The number of ether oxygens (including phenoxy) is 2. The molecule has 0 spiro atoms. The van der Waals surface area contributed by atoms with Crippen molar-refractivity contribution < 1.29 is 24.3 Å². The van der Waals surface area contributed by atoms with E-state index in [1.807, 2.05) is 6.92 Å². The molecule has 0 saturated heterocycles. The predicted octanol–water partition coefficient (Wildman–Crippen LogP) is 4.96. The number of carbonyl (C=O) groups is 1. The lowest BCUT2D eigenvalue weighted by atomic mass is 9.85. The summed E-state index contributed by atoms with van der Waals surface area (Å²) in [5.74, 6) is 0.188. The Morgan fingerprint density at radius 2 is 1.59 bits per heavy atom.